The Morgan fingerprint density at radius 2 is 2.25 bits per heavy atom. The van der Waals surface area contributed by atoms with E-state index in [1.165, 1.54) is 10.4 Å². The summed E-state index contributed by atoms with van der Waals surface area (Å²) < 4.78 is 30.2. The molecule has 92 valence electrons. The second kappa shape index (κ2) is 5.54. The number of isocyanates is 1. The lowest BCUT2D eigenvalue weighted by atomic mass is 10.3. The fraction of sp³-hybridized carbons (Fsp3) is 0.889. The van der Waals surface area contributed by atoms with Gasteiger partial charge in [-0.2, -0.15) is 9.30 Å². The van der Waals surface area contributed by atoms with Gasteiger partial charge in [0.15, 0.2) is 6.17 Å². The maximum atomic E-state index is 12.0. The van der Waals surface area contributed by atoms with Gasteiger partial charge in [0.1, 0.15) is 0 Å². The minimum atomic E-state index is -3.37. The highest BCUT2D eigenvalue weighted by molar-refractivity contribution is 7.89. The van der Waals surface area contributed by atoms with E-state index >= 15 is 0 Å². The van der Waals surface area contributed by atoms with Crippen LogP contribution in [-0.2, 0) is 19.6 Å². The first-order valence-corrected chi connectivity index (χ1v) is 6.72. The van der Waals surface area contributed by atoms with E-state index in [1.807, 2.05) is 13.8 Å². The van der Waals surface area contributed by atoms with E-state index in [0.29, 0.717) is 6.61 Å². The van der Waals surface area contributed by atoms with Crippen LogP contribution in [0.2, 0.25) is 0 Å². The summed E-state index contributed by atoms with van der Waals surface area (Å²) in [5.74, 6) is 0.0893. The molecule has 7 heteroatoms. The van der Waals surface area contributed by atoms with Crippen molar-refractivity contribution >= 4 is 16.1 Å². The van der Waals surface area contributed by atoms with E-state index in [4.69, 9.17) is 4.74 Å². The molecule has 1 fully saturated rings. The van der Waals surface area contributed by atoms with E-state index in [-0.39, 0.29) is 24.8 Å². The molecule has 1 aliphatic rings. The van der Waals surface area contributed by atoms with E-state index in [0.717, 1.165) is 0 Å². The second-order valence-corrected chi connectivity index (χ2v) is 6.03. The summed E-state index contributed by atoms with van der Waals surface area (Å²) >= 11 is 0. The Morgan fingerprint density at radius 1 is 1.56 bits per heavy atom. The summed E-state index contributed by atoms with van der Waals surface area (Å²) in [5.41, 5.74) is 0. The van der Waals surface area contributed by atoms with Gasteiger partial charge in [0.05, 0.1) is 19.0 Å². The van der Waals surface area contributed by atoms with Crippen LogP contribution >= 0.6 is 0 Å². The highest BCUT2D eigenvalue weighted by Crippen LogP contribution is 2.15. The number of rotatable bonds is 4. The molecule has 0 bridgehead atoms. The van der Waals surface area contributed by atoms with E-state index < -0.39 is 16.2 Å². The Bertz CT molecular complexity index is 373. The predicted octanol–water partition coefficient (Wildman–Crippen LogP) is -0.0337. The van der Waals surface area contributed by atoms with Gasteiger partial charge < -0.3 is 4.74 Å². The summed E-state index contributed by atoms with van der Waals surface area (Å²) in [6, 6.07) is 0. The van der Waals surface area contributed by atoms with Crippen molar-refractivity contribution in [2.45, 2.75) is 20.0 Å². The molecule has 0 spiro atoms. The van der Waals surface area contributed by atoms with Crippen molar-refractivity contribution < 1.29 is 17.9 Å². The van der Waals surface area contributed by atoms with Crippen molar-refractivity contribution in [3.05, 3.63) is 0 Å². The highest BCUT2D eigenvalue weighted by Gasteiger charge is 2.33. The third-order valence-corrected chi connectivity index (χ3v) is 4.39. The molecule has 1 saturated heterocycles. The number of nitrogens with zero attached hydrogens (tertiary/aromatic N) is 2. The first-order chi connectivity index (χ1) is 7.47. The Hall–Kier alpha value is -0.750. The smallest absolute Gasteiger partial charge is 0.236 e. The van der Waals surface area contributed by atoms with Crippen LogP contribution in [0, 0.1) is 5.92 Å². The fourth-order valence-electron chi connectivity index (χ4n) is 1.58. The average molecular weight is 248 g/mol. The maximum absolute atomic E-state index is 12.0. The van der Waals surface area contributed by atoms with Crippen molar-refractivity contribution in [2.75, 3.05) is 25.5 Å². The molecule has 1 atom stereocenters. The van der Waals surface area contributed by atoms with Gasteiger partial charge in [0.25, 0.3) is 0 Å². The van der Waals surface area contributed by atoms with Crippen LogP contribution in [0.25, 0.3) is 0 Å². The number of ether oxygens (including phenoxy) is 1. The SMILES string of the molecule is CC(C)CS(=O)(=O)N1CCOCC1N=C=O. The molecule has 1 rings (SSSR count). The van der Waals surface area contributed by atoms with Gasteiger partial charge in [0.2, 0.25) is 16.1 Å². The van der Waals surface area contributed by atoms with Crippen LogP contribution in [0.15, 0.2) is 4.99 Å². The number of aliphatic imine (C=N–C) groups is 1. The van der Waals surface area contributed by atoms with E-state index in [9.17, 15) is 13.2 Å². The van der Waals surface area contributed by atoms with Gasteiger partial charge in [-0.05, 0) is 5.92 Å². The summed E-state index contributed by atoms with van der Waals surface area (Å²) in [6.07, 6.45) is 0.627. The van der Waals surface area contributed by atoms with E-state index in [2.05, 4.69) is 4.99 Å². The molecule has 0 aliphatic carbocycles. The Labute approximate surface area is 95.3 Å². The van der Waals surface area contributed by atoms with Gasteiger partial charge in [-0.3, -0.25) is 0 Å². The Kier molecular flexibility index (Phi) is 4.61. The normalized spacial score (nSPS) is 23.1. The van der Waals surface area contributed by atoms with Crippen molar-refractivity contribution in [1.82, 2.24) is 4.31 Å². The van der Waals surface area contributed by atoms with Crippen molar-refractivity contribution in [2.24, 2.45) is 10.9 Å². The standard InChI is InChI=1S/C9H16N2O4S/c1-8(2)6-16(13,14)11-3-4-15-5-9(11)10-7-12/h8-9H,3-6H2,1-2H3. The molecular weight excluding hydrogens is 232 g/mol. The average Bonchev–Trinajstić information content (AvgIpc) is 2.17. The molecule has 1 heterocycles. The number of sulfonamides is 1. The summed E-state index contributed by atoms with van der Waals surface area (Å²) in [4.78, 5) is 13.7. The number of morpholine rings is 1. The molecule has 0 aromatic heterocycles. The van der Waals surface area contributed by atoms with Gasteiger partial charge in [0, 0.05) is 6.54 Å². The van der Waals surface area contributed by atoms with Gasteiger partial charge in [-0.25, -0.2) is 13.2 Å². The predicted molar refractivity (Wildman–Crippen MR) is 58.1 cm³/mol. The summed E-state index contributed by atoms with van der Waals surface area (Å²) in [7, 11) is -3.37. The molecular formula is C9H16N2O4S. The van der Waals surface area contributed by atoms with Gasteiger partial charge in [-0.15, -0.1) is 0 Å². The molecule has 0 N–H and O–H groups in total. The molecule has 1 aliphatic heterocycles. The first kappa shape index (κ1) is 13.3. The zero-order valence-corrected chi connectivity index (χ0v) is 10.2. The molecule has 0 saturated carbocycles. The Balaban J connectivity index is 2.86. The van der Waals surface area contributed by atoms with Crippen LogP contribution < -0.4 is 0 Å². The quantitative estimate of drug-likeness (QED) is 0.517. The number of carbonyl (C=O) groups excluding carboxylic acids is 1. The van der Waals surface area contributed by atoms with Crippen LogP contribution in [-0.4, -0.2) is 50.5 Å². The number of hydrogen-bond donors (Lipinski definition) is 0. The van der Waals surface area contributed by atoms with Crippen molar-refractivity contribution in [3.8, 4) is 0 Å². The molecule has 0 amide bonds. The molecule has 0 aromatic carbocycles. The number of hydrogen-bond acceptors (Lipinski definition) is 5. The lowest BCUT2D eigenvalue weighted by Crippen LogP contribution is -2.48. The van der Waals surface area contributed by atoms with Crippen LogP contribution in [0.4, 0.5) is 0 Å². The first-order valence-electron chi connectivity index (χ1n) is 5.11. The maximum Gasteiger partial charge on any atom is 0.236 e. The zero-order valence-electron chi connectivity index (χ0n) is 9.42. The van der Waals surface area contributed by atoms with Crippen molar-refractivity contribution in [1.29, 1.82) is 0 Å². The molecule has 1 unspecified atom stereocenters. The molecule has 0 radical (unpaired) electrons. The largest absolute Gasteiger partial charge is 0.376 e. The fourth-order valence-corrected chi connectivity index (χ4v) is 3.44. The summed E-state index contributed by atoms with van der Waals surface area (Å²) in [6.45, 7) is 4.35. The lowest BCUT2D eigenvalue weighted by molar-refractivity contribution is 0.0358. The minimum absolute atomic E-state index is 0.0358. The second-order valence-electron chi connectivity index (χ2n) is 4.06. The topological polar surface area (TPSA) is 76.0 Å². The van der Waals surface area contributed by atoms with Crippen LogP contribution in [0.5, 0.6) is 0 Å². The Morgan fingerprint density at radius 3 is 2.81 bits per heavy atom. The summed E-state index contributed by atoms with van der Waals surface area (Å²) in [5, 5.41) is 0. The van der Waals surface area contributed by atoms with E-state index in [1.54, 1.807) is 0 Å². The third-order valence-electron chi connectivity index (χ3n) is 2.16. The van der Waals surface area contributed by atoms with Gasteiger partial charge >= 0.3 is 0 Å². The molecule has 16 heavy (non-hydrogen) atoms. The monoisotopic (exact) mass is 248 g/mol. The molecule has 6 nitrogen and oxygen atoms in total. The third kappa shape index (κ3) is 3.38. The van der Waals surface area contributed by atoms with Gasteiger partial charge in [-0.1, -0.05) is 13.8 Å². The van der Waals surface area contributed by atoms with Crippen LogP contribution in [0.1, 0.15) is 13.8 Å². The zero-order chi connectivity index (χ0) is 12.2. The van der Waals surface area contributed by atoms with Crippen LogP contribution in [0.3, 0.4) is 0 Å². The molecule has 0 aromatic rings. The van der Waals surface area contributed by atoms with Crippen molar-refractivity contribution in [3.63, 3.8) is 0 Å². The minimum Gasteiger partial charge on any atom is -0.376 e. The lowest BCUT2D eigenvalue weighted by Gasteiger charge is -2.31. The highest BCUT2D eigenvalue weighted by atomic mass is 32.2.